The topological polar surface area (TPSA) is 12.0 Å². The molecule has 0 radical (unpaired) electrons. The Morgan fingerprint density at radius 1 is 1.22 bits per heavy atom. The maximum Gasteiger partial charge on any atom is 0.407 e. The molecule has 0 heterocycles. The monoisotopic (exact) mass is 287 g/mol. The van der Waals surface area contributed by atoms with Gasteiger partial charge < -0.3 is 5.32 Å². The van der Waals surface area contributed by atoms with Crippen LogP contribution in [0, 0.1) is 11.6 Å². The molecule has 0 spiro atoms. The van der Waals surface area contributed by atoms with Gasteiger partial charge in [-0.15, -0.1) is 0 Å². The van der Waals surface area contributed by atoms with E-state index in [-0.39, 0.29) is 6.54 Å². The number of halogens is 6. The second-order valence-corrected chi connectivity index (χ2v) is 4.12. The molecule has 1 aromatic carbocycles. The molecule has 0 saturated heterocycles. The Bertz CT molecular complexity index is 419. The van der Waals surface area contributed by atoms with Crippen molar-refractivity contribution in [1.29, 1.82) is 0 Å². The van der Waals surface area contributed by atoms with Crippen LogP contribution in [0.3, 0.4) is 0 Å². The number of benzene rings is 1. The van der Waals surface area contributed by atoms with E-state index in [4.69, 9.17) is 11.6 Å². The van der Waals surface area contributed by atoms with Gasteiger partial charge in [0.1, 0.15) is 6.04 Å². The highest BCUT2D eigenvalue weighted by atomic mass is 35.5. The van der Waals surface area contributed by atoms with Crippen molar-refractivity contribution < 1.29 is 22.0 Å². The fourth-order valence-corrected chi connectivity index (χ4v) is 1.71. The lowest BCUT2D eigenvalue weighted by Gasteiger charge is -2.23. The normalized spacial score (nSPS) is 13.7. The van der Waals surface area contributed by atoms with Crippen LogP contribution in [-0.2, 0) is 0 Å². The molecule has 0 bridgehead atoms. The van der Waals surface area contributed by atoms with Gasteiger partial charge in [0.15, 0.2) is 11.6 Å². The number of nitrogens with one attached hydrogen (secondary N) is 1. The molecule has 7 heteroatoms. The van der Waals surface area contributed by atoms with Gasteiger partial charge in [-0.25, -0.2) is 8.78 Å². The fraction of sp³-hybridized carbons (Fsp3) is 0.455. The van der Waals surface area contributed by atoms with Crippen LogP contribution in [-0.4, -0.2) is 12.7 Å². The molecule has 0 aliphatic rings. The van der Waals surface area contributed by atoms with Crippen LogP contribution in [0.4, 0.5) is 22.0 Å². The van der Waals surface area contributed by atoms with E-state index in [9.17, 15) is 22.0 Å². The molecule has 0 aromatic heterocycles. The van der Waals surface area contributed by atoms with Gasteiger partial charge in [0, 0.05) is 5.02 Å². The fourth-order valence-electron chi connectivity index (χ4n) is 1.45. The van der Waals surface area contributed by atoms with Crippen molar-refractivity contribution in [3.63, 3.8) is 0 Å². The molecule has 0 saturated carbocycles. The maximum absolute atomic E-state index is 13.0. The Morgan fingerprint density at radius 3 is 2.28 bits per heavy atom. The lowest BCUT2D eigenvalue weighted by Crippen LogP contribution is -2.35. The SMILES string of the molecule is CCCNC(c1cc(F)c(F)cc1Cl)C(F)(F)F. The highest BCUT2D eigenvalue weighted by molar-refractivity contribution is 6.31. The van der Waals surface area contributed by atoms with Gasteiger partial charge in [0.2, 0.25) is 0 Å². The first-order chi connectivity index (χ1) is 8.27. The third-order valence-corrected chi connectivity index (χ3v) is 2.60. The predicted octanol–water partition coefficient (Wildman–Crippen LogP) is 4.22. The Labute approximate surface area is 106 Å². The summed E-state index contributed by atoms with van der Waals surface area (Å²) in [4.78, 5) is 0. The van der Waals surface area contributed by atoms with E-state index < -0.39 is 34.4 Å². The van der Waals surface area contributed by atoms with Gasteiger partial charge in [0.25, 0.3) is 0 Å². The van der Waals surface area contributed by atoms with Crippen LogP contribution in [0.1, 0.15) is 24.9 Å². The Hall–Kier alpha value is -0.880. The highest BCUT2D eigenvalue weighted by Crippen LogP contribution is 2.36. The van der Waals surface area contributed by atoms with Gasteiger partial charge in [-0.05, 0) is 30.7 Å². The average Bonchev–Trinajstić information content (AvgIpc) is 2.24. The second kappa shape index (κ2) is 5.84. The second-order valence-electron chi connectivity index (χ2n) is 3.72. The summed E-state index contributed by atoms with van der Waals surface area (Å²) in [6.07, 6.45) is -4.17. The first-order valence-electron chi connectivity index (χ1n) is 5.22. The number of alkyl halides is 3. The van der Waals surface area contributed by atoms with Crippen LogP contribution < -0.4 is 5.32 Å². The van der Waals surface area contributed by atoms with Crippen molar-refractivity contribution in [3.8, 4) is 0 Å². The van der Waals surface area contributed by atoms with Crippen LogP contribution >= 0.6 is 11.6 Å². The minimum atomic E-state index is -4.64. The lowest BCUT2D eigenvalue weighted by atomic mass is 10.1. The number of rotatable bonds is 4. The van der Waals surface area contributed by atoms with E-state index >= 15 is 0 Å². The molecule has 1 unspecified atom stereocenters. The molecular weight excluding hydrogens is 277 g/mol. The number of hydrogen-bond acceptors (Lipinski definition) is 1. The first-order valence-corrected chi connectivity index (χ1v) is 5.59. The smallest absolute Gasteiger partial charge is 0.302 e. The summed E-state index contributed by atoms with van der Waals surface area (Å²) < 4.78 is 64.2. The number of hydrogen-bond donors (Lipinski definition) is 1. The van der Waals surface area contributed by atoms with Gasteiger partial charge in [-0.3, -0.25) is 0 Å². The molecule has 1 atom stereocenters. The zero-order chi connectivity index (χ0) is 13.9. The van der Waals surface area contributed by atoms with Crippen molar-refractivity contribution in [3.05, 3.63) is 34.4 Å². The van der Waals surface area contributed by atoms with Crippen molar-refractivity contribution in [2.45, 2.75) is 25.6 Å². The molecule has 0 aliphatic heterocycles. The quantitative estimate of drug-likeness (QED) is 0.646. The third-order valence-electron chi connectivity index (χ3n) is 2.28. The van der Waals surface area contributed by atoms with Crippen molar-refractivity contribution in [2.24, 2.45) is 0 Å². The van der Waals surface area contributed by atoms with Gasteiger partial charge in [0.05, 0.1) is 0 Å². The van der Waals surface area contributed by atoms with E-state index in [0.29, 0.717) is 18.6 Å². The summed E-state index contributed by atoms with van der Waals surface area (Å²) in [7, 11) is 0. The van der Waals surface area contributed by atoms with E-state index in [1.807, 2.05) is 0 Å². The summed E-state index contributed by atoms with van der Waals surface area (Å²) >= 11 is 5.53. The van der Waals surface area contributed by atoms with E-state index in [0.717, 1.165) is 0 Å². The Kier molecular flexibility index (Phi) is 4.92. The summed E-state index contributed by atoms with van der Waals surface area (Å²) in [6.45, 7) is 1.77. The predicted molar refractivity (Wildman–Crippen MR) is 58.5 cm³/mol. The van der Waals surface area contributed by atoms with E-state index in [1.165, 1.54) is 0 Å². The molecule has 1 nitrogen and oxygen atoms in total. The molecule has 1 N–H and O–H groups in total. The summed E-state index contributed by atoms with van der Waals surface area (Å²) in [5.41, 5.74) is -0.517. The van der Waals surface area contributed by atoms with E-state index in [1.54, 1.807) is 6.92 Å². The molecule has 102 valence electrons. The summed E-state index contributed by atoms with van der Waals surface area (Å²) in [5.74, 6) is -2.64. The van der Waals surface area contributed by atoms with Crippen LogP contribution in [0.2, 0.25) is 5.02 Å². The van der Waals surface area contributed by atoms with Crippen molar-refractivity contribution >= 4 is 11.6 Å². The molecule has 0 fully saturated rings. The third kappa shape index (κ3) is 3.55. The molecule has 0 aliphatic carbocycles. The van der Waals surface area contributed by atoms with Crippen LogP contribution in [0.5, 0.6) is 0 Å². The largest absolute Gasteiger partial charge is 0.407 e. The lowest BCUT2D eigenvalue weighted by molar-refractivity contribution is -0.157. The minimum absolute atomic E-state index is 0.0828. The molecule has 1 aromatic rings. The zero-order valence-electron chi connectivity index (χ0n) is 9.41. The molecular formula is C11H11ClF5N. The molecule has 0 amide bonds. The Morgan fingerprint density at radius 2 is 1.78 bits per heavy atom. The first kappa shape index (κ1) is 15.2. The van der Waals surface area contributed by atoms with Crippen LogP contribution in [0.25, 0.3) is 0 Å². The zero-order valence-corrected chi connectivity index (χ0v) is 10.2. The highest BCUT2D eigenvalue weighted by Gasteiger charge is 2.41. The molecule has 18 heavy (non-hydrogen) atoms. The molecule has 1 rings (SSSR count). The van der Waals surface area contributed by atoms with E-state index in [2.05, 4.69) is 5.32 Å². The van der Waals surface area contributed by atoms with Crippen LogP contribution in [0.15, 0.2) is 12.1 Å². The van der Waals surface area contributed by atoms with Gasteiger partial charge in [-0.2, -0.15) is 13.2 Å². The van der Waals surface area contributed by atoms with Crippen molar-refractivity contribution in [2.75, 3.05) is 6.54 Å². The van der Waals surface area contributed by atoms with Gasteiger partial charge in [-0.1, -0.05) is 18.5 Å². The standard InChI is InChI=1S/C11H11ClF5N/c1-2-3-18-10(11(15,16)17)6-4-8(13)9(14)5-7(6)12/h4-5,10,18H,2-3H2,1H3. The maximum atomic E-state index is 13.0. The average molecular weight is 288 g/mol. The summed E-state index contributed by atoms with van der Waals surface area (Å²) in [5, 5.41) is 1.76. The van der Waals surface area contributed by atoms with Crippen molar-refractivity contribution in [1.82, 2.24) is 5.32 Å². The van der Waals surface area contributed by atoms with Gasteiger partial charge >= 0.3 is 6.18 Å². The minimum Gasteiger partial charge on any atom is -0.302 e. The summed E-state index contributed by atoms with van der Waals surface area (Å²) in [6, 6.07) is -1.10. The Balaban J connectivity index is 3.16.